The van der Waals surface area contributed by atoms with Gasteiger partial charge in [0.25, 0.3) is 5.91 Å². The number of primary amides is 1. The molecule has 1 heterocycles. The minimum Gasteiger partial charge on any atom is -0.471 e. The van der Waals surface area contributed by atoms with Crippen LogP contribution in [-0.2, 0) is 6.61 Å². The van der Waals surface area contributed by atoms with Gasteiger partial charge in [0, 0.05) is 16.6 Å². The van der Waals surface area contributed by atoms with Crippen molar-refractivity contribution in [1.82, 2.24) is 9.69 Å². The molecule has 3 amide bonds. The van der Waals surface area contributed by atoms with Crippen LogP contribution in [0.25, 0.3) is 0 Å². The van der Waals surface area contributed by atoms with Gasteiger partial charge in [-0.05, 0) is 35.5 Å². The van der Waals surface area contributed by atoms with E-state index in [0.717, 1.165) is 18.0 Å². The van der Waals surface area contributed by atoms with Gasteiger partial charge in [-0.2, -0.15) is 4.37 Å². The predicted octanol–water partition coefficient (Wildman–Crippen LogP) is 4.28. The molecule has 1 aromatic heterocycles. The van der Waals surface area contributed by atoms with Crippen molar-refractivity contribution in [2.75, 3.05) is 11.9 Å². The average molecular weight is 473 g/mol. The van der Waals surface area contributed by atoms with E-state index >= 15 is 0 Å². The van der Waals surface area contributed by atoms with Crippen LogP contribution in [0, 0.1) is 11.2 Å². The summed E-state index contributed by atoms with van der Waals surface area (Å²) >= 11 is 4.04. The van der Waals surface area contributed by atoms with E-state index < -0.39 is 17.8 Å². The minimum atomic E-state index is -0.801. The molecule has 2 aromatic rings. The molecular weight excluding hydrogens is 451 g/mol. The average Bonchev–Trinajstić information content (AvgIpc) is 2.95. The Kier molecular flexibility index (Phi) is 7.36. The molecule has 0 atom stereocenters. The highest BCUT2D eigenvalue weighted by Gasteiger charge is 2.22. The number of nitrogens with one attached hydrogen (secondary N) is 2. The van der Waals surface area contributed by atoms with Crippen LogP contribution in [0.2, 0.25) is 0 Å². The van der Waals surface area contributed by atoms with E-state index in [9.17, 15) is 14.0 Å². The van der Waals surface area contributed by atoms with Crippen LogP contribution < -0.4 is 21.1 Å². The number of benzene rings is 1. The Balaban J connectivity index is 2.04. The fraction of sp³-hybridized carbons (Fsp3) is 0.389. The van der Waals surface area contributed by atoms with Crippen molar-refractivity contribution in [2.45, 2.75) is 33.8 Å². The maximum atomic E-state index is 13.9. The summed E-state index contributed by atoms with van der Waals surface area (Å²) < 4.78 is 24.0. The topological polar surface area (TPSA) is 106 Å². The van der Waals surface area contributed by atoms with Crippen molar-refractivity contribution in [3.8, 4) is 5.88 Å². The van der Waals surface area contributed by atoms with Crippen LogP contribution in [-0.4, -0.2) is 22.9 Å². The monoisotopic (exact) mass is 472 g/mol. The summed E-state index contributed by atoms with van der Waals surface area (Å²) in [6.45, 7) is 6.54. The van der Waals surface area contributed by atoms with E-state index in [1.807, 2.05) is 0 Å². The zero-order valence-electron chi connectivity index (χ0n) is 15.8. The minimum absolute atomic E-state index is 0.0477. The number of ether oxygens (including phenoxy) is 1. The Hall–Kier alpha value is -2.20. The van der Waals surface area contributed by atoms with Gasteiger partial charge < -0.3 is 15.8 Å². The molecule has 28 heavy (non-hydrogen) atoms. The highest BCUT2D eigenvalue weighted by atomic mass is 79.9. The number of anilines is 1. The Morgan fingerprint density at radius 2 is 2.07 bits per heavy atom. The normalized spacial score (nSPS) is 11.2. The number of hydrogen-bond donors (Lipinski definition) is 3. The third kappa shape index (κ3) is 6.45. The van der Waals surface area contributed by atoms with Gasteiger partial charge in [0.05, 0.1) is 0 Å². The standard InChI is InChI=1S/C18H22BrFN4O3S/c1-18(2,3)6-7-22-17(26)23-16-13(14(21)25)15(24-28-16)27-9-10-4-5-11(19)8-12(10)20/h4-5,8H,6-7,9H2,1-3H3,(H2,21,25)(H2,22,23,26). The second kappa shape index (κ2) is 9.33. The molecule has 152 valence electrons. The van der Waals surface area contributed by atoms with Gasteiger partial charge in [0.1, 0.15) is 23.0 Å². The third-order valence-corrected chi connectivity index (χ3v) is 4.91. The first kappa shape index (κ1) is 22.1. The molecular formula is C18H22BrFN4O3S. The molecule has 7 nitrogen and oxygen atoms in total. The second-order valence-corrected chi connectivity index (χ2v) is 8.96. The Morgan fingerprint density at radius 3 is 2.68 bits per heavy atom. The van der Waals surface area contributed by atoms with Gasteiger partial charge in [0.15, 0.2) is 0 Å². The van der Waals surface area contributed by atoms with E-state index in [4.69, 9.17) is 10.5 Å². The van der Waals surface area contributed by atoms with Crippen LogP contribution >= 0.6 is 27.5 Å². The van der Waals surface area contributed by atoms with E-state index in [1.165, 1.54) is 6.07 Å². The summed E-state index contributed by atoms with van der Waals surface area (Å²) in [5.74, 6) is -1.31. The molecule has 0 fully saturated rings. The van der Waals surface area contributed by atoms with Gasteiger partial charge in [-0.25, -0.2) is 9.18 Å². The van der Waals surface area contributed by atoms with E-state index in [0.29, 0.717) is 16.6 Å². The summed E-state index contributed by atoms with van der Waals surface area (Å²) in [4.78, 5) is 23.9. The van der Waals surface area contributed by atoms with Gasteiger partial charge >= 0.3 is 6.03 Å². The van der Waals surface area contributed by atoms with Crippen LogP contribution in [0.1, 0.15) is 43.1 Å². The lowest BCUT2D eigenvalue weighted by Gasteiger charge is -2.18. The number of hydrogen-bond acceptors (Lipinski definition) is 5. The number of urea groups is 1. The van der Waals surface area contributed by atoms with Crippen molar-refractivity contribution in [3.63, 3.8) is 0 Å². The summed E-state index contributed by atoms with van der Waals surface area (Å²) in [5, 5.41) is 5.45. The number of aromatic nitrogens is 1. The predicted molar refractivity (Wildman–Crippen MR) is 110 cm³/mol. The summed E-state index contributed by atoms with van der Waals surface area (Å²) in [7, 11) is 0. The van der Waals surface area contributed by atoms with Crippen LogP contribution in [0.4, 0.5) is 14.2 Å². The van der Waals surface area contributed by atoms with E-state index in [-0.39, 0.29) is 28.5 Å². The second-order valence-electron chi connectivity index (χ2n) is 7.27. The SMILES string of the molecule is CC(C)(C)CCNC(=O)Nc1snc(OCc2ccc(Br)cc2F)c1C(N)=O. The molecule has 0 radical (unpaired) electrons. The Bertz CT molecular complexity index is 867. The molecule has 2 rings (SSSR count). The van der Waals surface area contributed by atoms with E-state index in [2.05, 4.69) is 51.7 Å². The van der Waals surface area contributed by atoms with Crippen LogP contribution in [0.15, 0.2) is 22.7 Å². The number of amides is 3. The molecule has 0 saturated carbocycles. The van der Waals surface area contributed by atoms with Crippen LogP contribution in [0.5, 0.6) is 5.88 Å². The molecule has 10 heteroatoms. The molecule has 1 aromatic carbocycles. The molecule has 4 N–H and O–H groups in total. The molecule has 0 aliphatic carbocycles. The smallest absolute Gasteiger partial charge is 0.319 e. The molecule has 0 unspecified atom stereocenters. The van der Waals surface area contributed by atoms with Gasteiger partial charge in [-0.3, -0.25) is 10.1 Å². The van der Waals surface area contributed by atoms with Crippen molar-refractivity contribution in [1.29, 1.82) is 0 Å². The largest absolute Gasteiger partial charge is 0.471 e. The number of nitrogens with two attached hydrogens (primary N) is 1. The first-order valence-corrected chi connectivity index (χ1v) is 10.0. The fourth-order valence-corrected chi connectivity index (χ4v) is 3.23. The van der Waals surface area contributed by atoms with Crippen molar-refractivity contribution < 1.29 is 18.7 Å². The number of carbonyl (C=O) groups excluding carboxylic acids is 2. The maximum Gasteiger partial charge on any atom is 0.319 e. The lowest BCUT2D eigenvalue weighted by molar-refractivity contribution is 0.0996. The van der Waals surface area contributed by atoms with Gasteiger partial charge in [-0.15, -0.1) is 0 Å². The molecule has 0 aliphatic rings. The fourth-order valence-electron chi connectivity index (χ4n) is 2.16. The summed E-state index contributed by atoms with van der Waals surface area (Å²) in [6.07, 6.45) is 0.791. The quantitative estimate of drug-likeness (QED) is 0.558. The van der Waals surface area contributed by atoms with Crippen molar-refractivity contribution in [3.05, 3.63) is 39.6 Å². The third-order valence-electron chi connectivity index (χ3n) is 3.67. The molecule has 0 aliphatic heterocycles. The number of nitrogens with zero attached hydrogens (tertiary/aromatic N) is 1. The van der Waals surface area contributed by atoms with Crippen molar-refractivity contribution in [2.24, 2.45) is 11.1 Å². The highest BCUT2D eigenvalue weighted by molar-refractivity contribution is 9.10. The zero-order valence-corrected chi connectivity index (χ0v) is 18.2. The molecule has 0 spiro atoms. The molecule has 0 bridgehead atoms. The zero-order chi connectivity index (χ0) is 20.9. The first-order valence-electron chi connectivity index (χ1n) is 8.48. The van der Waals surface area contributed by atoms with E-state index in [1.54, 1.807) is 12.1 Å². The van der Waals surface area contributed by atoms with Gasteiger partial charge in [-0.1, -0.05) is 42.8 Å². The number of halogens is 2. The maximum absolute atomic E-state index is 13.9. The highest BCUT2D eigenvalue weighted by Crippen LogP contribution is 2.31. The summed E-state index contributed by atoms with van der Waals surface area (Å²) in [6, 6.07) is 4.06. The summed E-state index contributed by atoms with van der Waals surface area (Å²) in [5.41, 5.74) is 5.73. The van der Waals surface area contributed by atoms with Crippen LogP contribution in [0.3, 0.4) is 0 Å². The van der Waals surface area contributed by atoms with Crippen molar-refractivity contribution >= 4 is 44.4 Å². The molecule has 0 saturated heterocycles. The Morgan fingerprint density at radius 1 is 1.36 bits per heavy atom. The first-order chi connectivity index (χ1) is 13.1. The Labute approximate surface area is 175 Å². The number of carbonyl (C=O) groups is 2. The number of rotatable bonds is 7. The lowest BCUT2D eigenvalue weighted by Crippen LogP contribution is -2.31. The lowest BCUT2D eigenvalue weighted by atomic mass is 9.92. The van der Waals surface area contributed by atoms with Gasteiger partial charge in [0.2, 0.25) is 5.88 Å².